The number of halogens is 1. The summed E-state index contributed by atoms with van der Waals surface area (Å²) >= 11 is 5.79. The smallest absolute Gasteiger partial charge is 0.338 e. The summed E-state index contributed by atoms with van der Waals surface area (Å²) in [6.07, 6.45) is 0. The standard InChI is InChI=1S/C16H16ClNO3/c1-11-2-5-13(6-3-11)20-8-9-21-16(19)12-4-7-14(17)15(18)10-12/h2-7,10H,8-9,18H2,1H3. The number of esters is 1. The highest BCUT2D eigenvalue weighted by molar-refractivity contribution is 6.33. The molecule has 0 unspecified atom stereocenters. The summed E-state index contributed by atoms with van der Waals surface area (Å²) in [4.78, 5) is 11.8. The summed E-state index contributed by atoms with van der Waals surface area (Å²) in [7, 11) is 0. The van der Waals surface area contributed by atoms with E-state index in [1.54, 1.807) is 12.1 Å². The number of anilines is 1. The first-order valence-electron chi connectivity index (χ1n) is 6.48. The van der Waals surface area contributed by atoms with Crippen molar-refractivity contribution in [2.45, 2.75) is 6.92 Å². The topological polar surface area (TPSA) is 61.5 Å². The molecular formula is C16H16ClNO3. The van der Waals surface area contributed by atoms with Gasteiger partial charge in [0.2, 0.25) is 0 Å². The number of nitrogens with two attached hydrogens (primary N) is 1. The van der Waals surface area contributed by atoms with E-state index in [9.17, 15) is 4.79 Å². The summed E-state index contributed by atoms with van der Waals surface area (Å²) < 4.78 is 10.6. The third kappa shape index (κ3) is 4.39. The van der Waals surface area contributed by atoms with E-state index in [1.165, 1.54) is 6.07 Å². The first-order chi connectivity index (χ1) is 10.1. The maximum atomic E-state index is 11.8. The van der Waals surface area contributed by atoms with Gasteiger partial charge in [0.25, 0.3) is 0 Å². The maximum absolute atomic E-state index is 11.8. The van der Waals surface area contributed by atoms with Crippen LogP contribution >= 0.6 is 11.6 Å². The van der Waals surface area contributed by atoms with Crippen LogP contribution in [0.15, 0.2) is 42.5 Å². The minimum absolute atomic E-state index is 0.162. The molecule has 0 radical (unpaired) electrons. The number of ether oxygens (including phenoxy) is 2. The Morgan fingerprint density at radius 1 is 1.14 bits per heavy atom. The van der Waals surface area contributed by atoms with Crippen LogP contribution in [-0.2, 0) is 4.74 Å². The number of nitrogen functional groups attached to an aromatic ring is 1. The van der Waals surface area contributed by atoms with Crippen LogP contribution in [0, 0.1) is 6.92 Å². The lowest BCUT2D eigenvalue weighted by molar-refractivity contribution is 0.0450. The van der Waals surface area contributed by atoms with Crippen molar-refractivity contribution in [2.75, 3.05) is 18.9 Å². The third-order valence-corrected chi connectivity index (χ3v) is 3.18. The zero-order chi connectivity index (χ0) is 15.2. The van der Waals surface area contributed by atoms with E-state index in [2.05, 4.69) is 0 Å². The molecule has 0 fully saturated rings. The van der Waals surface area contributed by atoms with Crippen LogP contribution in [0.2, 0.25) is 5.02 Å². The van der Waals surface area contributed by atoms with Gasteiger partial charge in [0.15, 0.2) is 0 Å². The van der Waals surface area contributed by atoms with Crippen LogP contribution in [0.4, 0.5) is 5.69 Å². The quantitative estimate of drug-likeness (QED) is 0.522. The monoisotopic (exact) mass is 305 g/mol. The molecule has 0 heterocycles. The lowest BCUT2D eigenvalue weighted by Gasteiger charge is -2.08. The fourth-order valence-electron chi connectivity index (χ4n) is 1.68. The van der Waals surface area contributed by atoms with Crippen molar-refractivity contribution < 1.29 is 14.3 Å². The Hall–Kier alpha value is -2.20. The fraction of sp³-hybridized carbons (Fsp3) is 0.188. The summed E-state index contributed by atoms with van der Waals surface area (Å²) in [6.45, 7) is 2.45. The number of benzene rings is 2. The van der Waals surface area contributed by atoms with E-state index in [0.29, 0.717) is 16.3 Å². The lowest BCUT2D eigenvalue weighted by atomic mass is 10.2. The first kappa shape index (κ1) is 15.2. The molecule has 0 spiro atoms. The number of carbonyl (C=O) groups is 1. The van der Waals surface area contributed by atoms with Crippen molar-refractivity contribution in [1.29, 1.82) is 0 Å². The number of rotatable bonds is 5. The summed E-state index contributed by atoms with van der Waals surface area (Å²) in [5, 5.41) is 0.411. The number of hydrogen-bond donors (Lipinski definition) is 1. The van der Waals surface area contributed by atoms with E-state index in [0.717, 1.165) is 11.3 Å². The van der Waals surface area contributed by atoms with Crippen molar-refractivity contribution in [3.63, 3.8) is 0 Å². The maximum Gasteiger partial charge on any atom is 0.338 e. The normalized spacial score (nSPS) is 10.2. The van der Waals surface area contributed by atoms with Gasteiger partial charge in [-0.25, -0.2) is 4.79 Å². The summed E-state index contributed by atoms with van der Waals surface area (Å²) in [5.41, 5.74) is 7.52. The lowest BCUT2D eigenvalue weighted by Crippen LogP contribution is -2.12. The fourth-order valence-corrected chi connectivity index (χ4v) is 1.80. The molecule has 2 aromatic carbocycles. The van der Waals surface area contributed by atoms with Gasteiger partial charge < -0.3 is 15.2 Å². The van der Waals surface area contributed by atoms with Crippen molar-refractivity contribution in [2.24, 2.45) is 0 Å². The first-order valence-corrected chi connectivity index (χ1v) is 6.85. The molecule has 0 bridgehead atoms. The van der Waals surface area contributed by atoms with Crippen LogP contribution in [-0.4, -0.2) is 19.2 Å². The van der Waals surface area contributed by atoms with Crippen LogP contribution in [0.25, 0.3) is 0 Å². The highest BCUT2D eigenvalue weighted by atomic mass is 35.5. The van der Waals surface area contributed by atoms with Gasteiger partial charge in [0.1, 0.15) is 19.0 Å². The molecule has 2 rings (SSSR count). The second kappa shape index (κ2) is 6.99. The van der Waals surface area contributed by atoms with Crippen LogP contribution in [0.1, 0.15) is 15.9 Å². The van der Waals surface area contributed by atoms with Gasteiger partial charge in [-0.15, -0.1) is 0 Å². The Bertz CT molecular complexity index is 626. The summed E-state index contributed by atoms with van der Waals surface area (Å²) in [6, 6.07) is 12.3. The molecule has 0 atom stereocenters. The van der Waals surface area contributed by atoms with Gasteiger partial charge in [-0.2, -0.15) is 0 Å². The number of aryl methyl sites for hydroxylation is 1. The molecule has 0 aromatic heterocycles. The molecular weight excluding hydrogens is 290 g/mol. The van der Waals surface area contributed by atoms with Crippen LogP contribution in [0.3, 0.4) is 0 Å². The van der Waals surface area contributed by atoms with E-state index in [1.807, 2.05) is 31.2 Å². The second-order valence-corrected chi connectivity index (χ2v) is 4.94. The Labute approximate surface area is 128 Å². The van der Waals surface area contributed by atoms with E-state index in [4.69, 9.17) is 26.8 Å². The van der Waals surface area contributed by atoms with Crippen molar-refractivity contribution in [3.05, 3.63) is 58.6 Å². The third-order valence-electron chi connectivity index (χ3n) is 2.84. The number of hydrogen-bond acceptors (Lipinski definition) is 4. The largest absolute Gasteiger partial charge is 0.490 e. The highest BCUT2D eigenvalue weighted by Crippen LogP contribution is 2.19. The highest BCUT2D eigenvalue weighted by Gasteiger charge is 2.08. The van der Waals surface area contributed by atoms with E-state index in [-0.39, 0.29) is 13.2 Å². The molecule has 0 aliphatic carbocycles. The van der Waals surface area contributed by atoms with E-state index < -0.39 is 5.97 Å². The Morgan fingerprint density at radius 2 is 1.86 bits per heavy atom. The predicted molar refractivity (Wildman–Crippen MR) is 82.8 cm³/mol. The van der Waals surface area contributed by atoms with Gasteiger partial charge in [-0.05, 0) is 37.3 Å². The minimum Gasteiger partial charge on any atom is -0.490 e. The van der Waals surface area contributed by atoms with Gasteiger partial charge in [-0.3, -0.25) is 0 Å². The Morgan fingerprint density at radius 3 is 2.52 bits per heavy atom. The molecule has 2 aromatic rings. The molecule has 0 saturated carbocycles. The molecule has 5 heteroatoms. The van der Waals surface area contributed by atoms with Crippen molar-refractivity contribution >= 4 is 23.3 Å². The average Bonchev–Trinajstić information content (AvgIpc) is 2.48. The van der Waals surface area contributed by atoms with Gasteiger partial charge in [0.05, 0.1) is 16.3 Å². The molecule has 0 saturated heterocycles. The van der Waals surface area contributed by atoms with Gasteiger partial charge >= 0.3 is 5.97 Å². The average molecular weight is 306 g/mol. The zero-order valence-electron chi connectivity index (χ0n) is 11.6. The molecule has 0 amide bonds. The molecule has 0 aliphatic heterocycles. The van der Waals surface area contributed by atoms with Gasteiger partial charge in [0, 0.05) is 0 Å². The van der Waals surface area contributed by atoms with E-state index >= 15 is 0 Å². The molecule has 2 N–H and O–H groups in total. The SMILES string of the molecule is Cc1ccc(OCCOC(=O)c2ccc(Cl)c(N)c2)cc1. The second-order valence-electron chi connectivity index (χ2n) is 4.53. The molecule has 21 heavy (non-hydrogen) atoms. The van der Waals surface area contributed by atoms with Crippen molar-refractivity contribution in [3.8, 4) is 5.75 Å². The molecule has 0 aliphatic rings. The van der Waals surface area contributed by atoms with Crippen LogP contribution < -0.4 is 10.5 Å². The zero-order valence-corrected chi connectivity index (χ0v) is 12.4. The Kier molecular flexibility index (Phi) is 5.06. The molecule has 4 nitrogen and oxygen atoms in total. The minimum atomic E-state index is -0.453. The number of carbonyl (C=O) groups excluding carboxylic acids is 1. The predicted octanol–water partition coefficient (Wildman–Crippen LogP) is 3.47. The summed E-state index contributed by atoms with van der Waals surface area (Å²) in [5.74, 6) is 0.290. The van der Waals surface area contributed by atoms with Crippen molar-refractivity contribution in [1.82, 2.24) is 0 Å². The molecule has 110 valence electrons. The van der Waals surface area contributed by atoms with Gasteiger partial charge in [-0.1, -0.05) is 29.3 Å². The van der Waals surface area contributed by atoms with Crippen LogP contribution in [0.5, 0.6) is 5.75 Å². The Balaban J connectivity index is 1.79.